The average Bonchev–Trinajstić information content (AvgIpc) is 2.61. The number of ether oxygens (including phenoxy) is 1. The molecule has 0 aliphatic rings. The van der Waals surface area contributed by atoms with Crippen LogP contribution in [0.3, 0.4) is 0 Å². The molecule has 0 saturated carbocycles. The Bertz CT molecular complexity index is 698. The molecule has 2 aromatic rings. The summed E-state index contributed by atoms with van der Waals surface area (Å²) in [7, 11) is 0. The standard InChI is InChI=1S/C19H19NO4/c1-14(19(23)15-8-4-2-5-9-15)24-18(22)13-12-17(21)20-16-10-6-3-7-11-16/h2-11,14H,12-13H2,1H3,(H,20,21)/t14-/m1/s1. The van der Waals surface area contributed by atoms with Gasteiger partial charge in [0.1, 0.15) is 0 Å². The van der Waals surface area contributed by atoms with Crippen molar-refractivity contribution in [2.75, 3.05) is 5.32 Å². The van der Waals surface area contributed by atoms with E-state index in [1.807, 2.05) is 6.07 Å². The number of benzene rings is 2. The summed E-state index contributed by atoms with van der Waals surface area (Å²) in [5, 5.41) is 2.69. The van der Waals surface area contributed by atoms with Gasteiger partial charge in [-0.25, -0.2) is 0 Å². The molecule has 0 fully saturated rings. The van der Waals surface area contributed by atoms with Gasteiger partial charge in [0.05, 0.1) is 6.42 Å². The fourth-order valence-corrected chi connectivity index (χ4v) is 2.11. The maximum Gasteiger partial charge on any atom is 0.307 e. The second kappa shape index (κ2) is 8.62. The highest BCUT2D eigenvalue weighted by molar-refractivity contribution is 6.00. The second-order valence-electron chi connectivity index (χ2n) is 5.28. The van der Waals surface area contributed by atoms with Crippen molar-refractivity contribution in [3.05, 3.63) is 66.2 Å². The predicted octanol–water partition coefficient (Wildman–Crippen LogP) is 3.22. The molecule has 0 aromatic heterocycles. The van der Waals surface area contributed by atoms with Crippen LogP contribution in [0.5, 0.6) is 0 Å². The number of hydrogen-bond acceptors (Lipinski definition) is 4. The van der Waals surface area contributed by atoms with Crippen molar-refractivity contribution >= 4 is 23.3 Å². The lowest BCUT2D eigenvalue weighted by atomic mass is 10.1. The van der Waals surface area contributed by atoms with Crippen molar-refractivity contribution in [1.82, 2.24) is 0 Å². The quantitative estimate of drug-likeness (QED) is 0.626. The smallest absolute Gasteiger partial charge is 0.307 e. The Morgan fingerprint density at radius 1 is 0.917 bits per heavy atom. The zero-order valence-corrected chi connectivity index (χ0v) is 13.4. The minimum absolute atomic E-state index is 0.0000247. The van der Waals surface area contributed by atoms with Gasteiger partial charge in [0.2, 0.25) is 11.7 Å². The van der Waals surface area contributed by atoms with Gasteiger partial charge in [-0.05, 0) is 19.1 Å². The van der Waals surface area contributed by atoms with Gasteiger partial charge in [0, 0.05) is 17.7 Å². The van der Waals surface area contributed by atoms with Crippen molar-refractivity contribution < 1.29 is 19.1 Å². The molecule has 1 atom stereocenters. The number of ketones is 1. The van der Waals surface area contributed by atoms with Gasteiger partial charge in [-0.15, -0.1) is 0 Å². The molecule has 0 spiro atoms. The number of nitrogens with one attached hydrogen (secondary N) is 1. The fraction of sp³-hybridized carbons (Fsp3) is 0.211. The molecule has 0 heterocycles. The van der Waals surface area contributed by atoms with E-state index in [1.165, 1.54) is 6.92 Å². The normalized spacial score (nSPS) is 11.4. The number of carbonyl (C=O) groups is 3. The molecule has 0 bridgehead atoms. The van der Waals surface area contributed by atoms with Crippen molar-refractivity contribution in [3.63, 3.8) is 0 Å². The molecule has 0 radical (unpaired) electrons. The maximum absolute atomic E-state index is 12.1. The minimum Gasteiger partial charge on any atom is -0.454 e. The number of amides is 1. The zero-order valence-electron chi connectivity index (χ0n) is 13.4. The number of Topliss-reactive ketones (excluding diaryl/α,β-unsaturated/α-hetero) is 1. The number of esters is 1. The molecule has 5 heteroatoms. The van der Waals surface area contributed by atoms with Crippen molar-refractivity contribution in [1.29, 1.82) is 0 Å². The average molecular weight is 325 g/mol. The zero-order chi connectivity index (χ0) is 17.4. The number of rotatable bonds is 7. The molecule has 0 aliphatic carbocycles. The summed E-state index contributed by atoms with van der Waals surface area (Å²) in [6.45, 7) is 1.53. The molecule has 24 heavy (non-hydrogen) atoms. The molecule has 1 amide bonds. The van der Waals surface area contributed by atoms with Crippen molar-refractivity contribution in [2.45, 2.75) is 25.9 Å². The van der Waals surface area contributed by atoms with Crippen molar-refractivity contribution in [3.8, 4) is 0 Å². The lowest BCUT2D eigenvalue weighted by Gasteiger charge is -2.12. The number of anilines is 1. The minimum atomic E-state index is -0.878. The first kappa shape index (κ1) is 17.4. The molecule has 0 aliphatic heterocycles. The molecule has 1 N–H and O–H groups in total. The fourth-order valence-electron chi connectivity index (χ4n) is 2.11. The molecular formula is C19H19NO4. The van der Waals surface area contributed by atoms with Crippen LogP contribution in [-0.4, -0.2) is 23.8 Å². The number of carbonyl (C=O) groups excluding carboxylic acids is 3. The topological polar surface area (TPSA) is 72.5 Å². The van der Waals surface area contributed by atoms with E-state index >= 15 is 0 Å². The van der Waals surface area contributed by atoms with Gasteiger partial charge in [-0.1, -0.05) is 48.5 Å². The summed E-state index contributed by atoms with van der Waals surface area (Å²) < 4.78 is 5.10. The Morgan fingerprint density at radius 2 is 1.50 bits per heavy atom. The molecule has 0 unspecified atom stereocenters. The van der Waals surface area contributed by atoms with Crippen LogP contribution in [0.25, 0.3) is 0 Å². The van der Waals surface area contributed by atoms with E-state index in [-0.39, 0.29) is 24.5 Å². The summed E-state index contributed by atoms with van der Waals surface area (Å²) in [5.41, 5.74) is 1.16. The van der Waals surface area contributed by atoms with Crippen LogP contribution in [0.2, 0.25) is 0 Å². The third kappa shape index (κ3) is 5.35. The maximum atomic E-state index is 12.1. The van der Waals surface area contributed by atoms with Crippen LogP contribution < -0.4 is 5.32 Å². The van der Waals surface area contributed by atoms with Gasteiger partial charge in [0.25, 0.3) is 0 Å². The Kier molecular flexibility index (Phi) is 6.25. The van der Waals surface area contributed by atoms with Gasteiger partial charge >= 0.3 is 5.97 Å². The van der Waals surface area contributed by atoms with Crippen LogP contribution in [0, 0.1) is 0 Å². The highest BCUT2D eigenvalue weighted by atomic mass is 16.5. The van der Waals surface area contributed by atoms with Gasteiger partial charge < -0.3 is 10.1 Å². The number of para-hydroxylation sites is 1. The first-order chi connectivity index (χ1) is 11.6. The molecule has 2 rings (SSSR count). The molecule has 5 nitrogen and oxygen atoms in total. The monoisotopic (exact) mass is 325 g/mol. The summed E-state index contributed by atoms with van der Waals surface area (Å²) >= 11 is 0. The Labute approximate surface area is 140 Å². The predicted molar refractivity (Wildman–Crippen MR) is 90.6 cm³/mol. The van der Waals surface area contributed by atoms with E-state index in [0.717, 1.165) is 0 Å². The highest BCUT2D eigenvalue weighted by Crippen LogP contribution is 2.09. The Balaban J connectivity index is 1.76. The largest absolute Gasteiger partial charge is 0.454 e. The van der Waals surface area contributed by atoms with Crippen LogP contribution in [0.4, 0.5) is 5.69 Å². The van der Waals surface area contributed by atoms with E-state index in [0.29, 0.717) is 11.3 Å². The third-order valence-electron chi connectivity index (χ3n) is 3.35. The van der Waals surface area contributed by atoms with E-state index in [9.17, 15) is 14.4 Å². The molecule has 2 aromatic carbocycles. The first-order valence-corrected chi connectivity index (χ1v) is 7.70. The second-order valence-corrected chi connectivity index (χ2v) is 5.28. The van der Waals surface area contributed by atoms with Gasteiger partial charge in [0.15, 0.2) is 6.10 Å². The third-order valence-corrected chi connectivity index (χ3v) is 3.35. The highest BCUT2D eigenvalue weighted by Gasteiger charge is 2.19. The van der Waals surface area contributed by atoms with E-state index in [1.54, 1.807) is 54.6 Å². The van der Waals surface area contributed by atoms with E-state index < -0.39 is 12.1 Å². The molecule has 124 valence electrons. The summed E-state index contributed by atoms with van der Waals surface area (Å²) in [5.74, 6) is -1.12. The van der Waals surface area contributed by atoms with Gasteiger partial charge in [-0.2, -0.15) is 0 Å². The lowest BCUT2D eigenvalue weighted by Crippen LogP contribution is -2.25. The van der Waals surface area contributed by atoms with Crippen molar-refractivity contribution in [2.24, 2.45) is 0 Å². The molecular weight excluding hydrogens is 306 g/mol. The summed E-state index contributed by atoms with van der Waals surface area (Å²) in [6.07, 6.45) is -0.956. The SMILES string of the molecule is C[C@@H](OC(=O)CCC(=O)Nc1ccccc1)C(=O)c1ccccc1. The van der Waals surface area contributed by atoms with Crippen LogP contribution >= 0.6 is 0 Å². The van der Waals surface area contributed by atoms with Crippen LogP contribution in [-0.2, 0) is 14.3 Å². The lowest BCUT2D eigenvalue weighted by molar-refractivity contribution is -0.147. The summed E-state index contributed by atoms with van der Waals surface area (Å²) in [4.78, 5) is 35.7. The molecule has 0 saturated heterocycles. The first-order valence-electron chi connectivity index (χ1n) is 7.70. The Morgan fingerprint density at radius 3 is 2.12 bits per heavy atom. The van der Waals surface area contributed by atoms with E-state index in [4.69, 9.17) is 4.74 Å². The number of hydrogen-bond donors (Lipinski definition) is 1. The Hall–Kier alpha value is -2.95. The van der Waals surface area contributed by atoms with Gasteiger partial charge in [-0.3, -0.25) is 14.4 Å². The van der Waals surface area contributed by atoms with Crippen LogP contribution in [0.1, 0.15) is 30.1 Å². The van der Waals surface area contributed by atoms with Crippen LogP contribution in [0.15, 0.2) is 60.7 Å². The summed E-state index contributed by atoms with van der Waals surface area (Å²) in [6, 6.07) is 17.6. The van der Waals surface area contributed by atoms with E-state index in [2.05, 4.69) is 5.32 Å².